The van der Waals surface area contributed by atoms with Gasteiger partial charge in [0.25, 0.3) is 5.69 Å². The van der Waals surface area contributed by atoms with Crippen LogP contribution >= 0.6 is 11.8 Å². The normalized spacial score (nSPS) is 10.5. The first-order valence-electron chi connectivity index (χ1n) is 8.27. The van der Waals surface area contributed by atoms with Crippen LogP contribution in [0.15, 0.2) is 72.1 Å². The van der Waals surface area contributed by atoms with Crippen LogP contribution < -0.4 is 5.32 Å². The van der Waals surface area contributed by atoms with Gasteiger partial charge in [-0.05, 0) is 23.3 Å². The third-order valence-electron chi connectivity index (χ3n) is 3.85. The Morgan fingerprint density at radius 1 is 1.11 bits per heavy atom. The summed E-state index contributed by atoms with van der Waals surface area (Å²) in [5, 5.41) is 13.5. The number of nitro groups is 1. The first-order valence-corrected chi connectivity index (χ1v) is 9.26. The summed E-state index contributed by atoms with van der Waals surface area (Å²) >= 11 is 1.35. The van der Waals surface area contributed by atoms with E-state index in [0.29, 0.717) is 6.54 Å². The lowest BCUT2D eigenvalue weighted by atomic mass is 10.1. The maximum absolute atomic E-state index is 12.0. The number of rotatable bonds is 8. The molecule has 7 nitrogen and oxygen atoms in total. The number of nitrogens with one attached hydrogen (secondary N) is 1. The minimum Gasteiger partial charge on any atom is -0.351 e. The molecule has 3 rings (SSSR count). The summed E-state index contributed by atoms with van der Waals surface area (Å²) in [5.41, 5.74) is 2.23. The highest BCUT2D eigenvalue weighted by atomic mass is 32.2. The maximum Gasteiger partial charge on any atom is 0.269 e. The van der Waals surface area contributed by atoms with Gasteiger partial charge in [0.15, 0.2) is 0 Å². The third kappa shape index (κ3) is 5.68. The van der Waals surface area contributed by atoms with Gasteiger partial charge in [0.2, 0.25) is 5.91 Å². The summed E-state index contributed by atoms with van der Waals surface area (Å²) < 4.78 is 1.99. The Hall–Kier alpha value is -3.13. The van der Waals surface area contributed by atoms with Gasteiger partial charge in [0, 0.05) is 42.5 Å². The van der Waals surface area contributed by atoms with Crippen molar-refractivity contribution in [3.05, 3.63) is 88.5 Å². The predicted molar refractivity (Wildman–Crippen MR) is 103 cm³/mol. The summed E-state index contributed by atoms with van der Waals surface area (Å²) in [5.74, 6) is 0.178. The molecular weight excluding hydrogens is 364 g/mol. The minimum absolute atomic E-state index is 0.0419. The average molecular weight is 382 g/mol. The van der Waals surface area contributed by atoms with Crippen molar-refractivity contribution in [2.24, 2.45) is 0 Å². The number of hydrogen-bond acceptors (Lipinski definition) is 5. The highest BCUT2D eigenvalue weighted by molar-refractivity contribution is 8.00. The summed E-state index contributed by atoms with van der Waals surface area (Å²) in [6.07, 6.45) is 5.44. The quantitative estimate of drug-likeness (QED) is 0.367. The summed E-state index contributed by atoms with van der Waals surface area (Å²) in [6, 6.07) is 14.2. The average Bonchev–Trinajstić information content (AvgIpc) is 3.19. The number of carbonyl (C=O) groups is 1. The topological polar surface area (TPSA) is 90.1 Å². The van der Waals surface area contributed by atoms with Gasteiger partial charge in [0.1, 0.15) is 0 Å². The van der Waals surface area contributed by atoms with Crippen molar-refractivity contribution < 1.29 is 9.72 Å². The number of thioether (sulfide) groups is 1. The van der Waals surface area contributed by atoms with Crippen molar-refractivity contribution in [3.63, 3.8) is 0 Å². The van der Waals surface area contributed by atoms with Gasteiger partial charge in [-0.1, -0.05) is 24.3 Å². The molecule has 0 unspecified atom stereocenters. The van der Waals surface area contributed by atoms with Crippen molar-refractivity contribution in [3.8, 4) is 0 Å². The molecule has 0 bridgehead atoms. The second-order valence-electron chi connectivity index (χ2n) is 5.87. The van der Waals surface area contributed by atoms with E-state index >= 15 is 0 Å². The van der Waals surface area contributed by atoms with E-state index in [-0.39, 0.29) is 17.3 Å². The largest absolute Gasteiger partial charge is 0.351 e. The smallest absolute Gasteiger partial charge is 0.269 e. The molecule has 2 aromatic carbocycles. The van der Waals surface area contributed by atoms with Crippen molar-refractivity contribution in [2.45, 2.75) is 18.0 Å². The van der Waals surface area contributed by atoms with Gasteiger partial charge in [-0.3, -0.25) is 14.9 Å². The SMILES string of the molecule is O=C(CSc1ccc([N+](=O)[O-])cc1)NCc1ccc(Cn2ccnc2)cc1. The number of nitrogens with zero attached hydrogens (tertiary/aromatic N) is 3. The molecule has 0 aliphatic rings. The van der Waals surface area contributed by atoms with E-state index in [1.54, 1.807) is 24.7 Å². The van der Waals surface area contributed by atoms with Crippen LogP contribution in [0, 0.1) is 10.1 Å². The first kappa shape index (κ1) is 18.7. The van der Waals surface area contributed by atoms with Crippen LogP contribution in [0.4, 0.5) is 5.69 Å². The molecule has 0 aliphatic heterocycles. The van der Waals surface area contributed by atoms with Crippen LogP contribution in [-0.2, 0) is 17.9 Å². The second kappa shape index (κ2) is 9.00. The van der Waals surface area contributed by atoms with Gasteiger partial charge in [0.05, 0.1) is 17.0 Å². The van der Waals surface area contributed by atoms with Crippen molar-refractivity contribution in [1.82, 2.24) is 14.9 Å². The van der Waals surface area contributed by atoms with Crippen LogP contribution in [0.25, 0.3) is 0 Å². The molecule has 1 N–H and O–H groups in total. The molecule has 8 heteroatoms. The molecule has 1 heterocycles. The van der Waals surface area contributed by atoms with Gasteiger partial charge >= 0.3 is 0 Å². The number of aromatic nitrogens is 2. The van der Waals surface area contributed by atoms with Crippen molar-refractivity contribution >= 4 is 23.4 Å². The fourth-order valence-electron chi connectivity index (χ4n) is 2.42. The molecule has 0 atom stereocenters. The van der Waals surface area contributed by atoms with Crippen LogP contribution in [0.5, 0.6) is 0 Å². The van der Waals surface area contributed by atoms with Crippen LogP contribution in [0.1, 0.15) is 11.1 Å². The lowest BCUT2D eigenvalue weighted by molar-refractivity contribution is -0.384. The van der Waals surface area contributed by atoms with E-state index in [4.69, 9.17) is 0 Å². The number of carbonyl (C=O) groups excluding carboxylic acids is 1. The van der Waals surface area contributed by atoms with Gasteiger partial charge in [-0.15, -0.1) is 11.8 Å². The fourth-order valence-corrected chi connectivity index (χ4v) is 3.15. The first-order chi connectivity index (χ1) is 13.1. The summed E-state index contributed by atoms with van der Waals surface area (Å²) in [6.45, 7) is 1.23. The molecule has 0 saturated carbocycles. The third-order valence-corrected chi connectivity index (χ3v) is 4.87. The van der Waals surface area contributed by atoms with E-state index < -0.39 is 4.92 Å². The molecule has 27 heavy (non-hydrogen) atoms. The monoisotopic (exact) mass is 382 g/mol. The van der Waals surface area contributed by atoms with Crippen LogP contribution in [0.2, 0.25) is 0 Å². The predicted octanol–water partition coefficient (Wildman–Crippen LogP) is 3.25. The van der Waals surface area contributed by atoms with E-state index in [2.05, 4.69) is 10.3 Å². The van der Waals surface area contributed by atoms with Gasteiger partial charge in [-0.25, -0.2) is 4.98 Å². The number of imidazole rings is 1. The Bertz CT molecular complexity index is 894. The number of non-ortho nitro benzene ring substituents is 1. The molecule has 0 radical (unpaired) electrons. The van der Waals surface area contributed by atoms with E-state index in [1.165, 1.54) is 23.9 Å². The minimum atomic E-state index is -0.443. The van der Waals surface area contributed by atoms with Gasteiger partial charge < -0.3 is 9.88 Å². The Morgan fingerprint density at radius 3 is 2.44 bits per heavy atom. The Labute approximate surface area is 160 Å². The van der Waals surface area contributed by atoms with Crippen LogP contribution in [0.3, 0.4) is 0 Å². The molecular formula is C19H18N4O3S. The highest BCUT2D eigenvalue weighted by Crippen LogP contribution is 2.21. The lowest BCUT2D eigenvalue weighted by Crippen LogP contribution is -2.24. The van der Waals surface area contributed by atoms with Gasteiger partial charge in [-0.2, -0.15) is 0 Å². The Kier molecular flexibility index (Phi) is 6.22. The number of hydrogen-bond donors (Lipinski definition) is 1. The molecule has 1 amide bonds. The molecule has 0 fully saturated rings. The molecule has 0 spiro atoms. The zero-order valence-corrected chi connectivity index (χ0v) is 15.3. The Morgan fingerprint density at radius 2 is 1.81 bits per heavy atom. The second-order valence-corrected chi connectivity index (χ2v) is 6.92. The molecule has 0 saturated heterocycles. The molecule has 0 aliphatic carbocycles. The van der Waals surface area contributed by atoms with E-state index in [1.807, 2.05) is 35.0 Å². The molecule has 138 valence electrons. The maximum atomic E-state index is 12.0. The zero-order chi connectivity index (χ0) is 19.1. The van der Waals surface area contributed by atoms with E-state index in [9.17, 15) is 14.9 Å². The fraction of sp³-hybridized carbons (Fsp3) is 0.158. The van der Waals surface area contributed by atoms with E-state index in [0.717, 1.165) is 22.6 Å². The number of nitro benzene ring substituents is 1. The van der Waals surface area contributed by atoms with Crippen LogP contribution in [-0.4, -0.2) is 26.1 Å². The molecule has 1 aromatic heterocycles. The molecule has 3 aromatic rings. The lowest BCUT2D eigenvalue weighted by Gasteiger charge is -2.07. The summed E-state index contributed by atoms with van der Waals surface area (Å²) in [7, 11) is 0. The standard InChI is InChI=1S/C19H18N4O3S/c24-19(13-27-18-7-5-17(6-8-18)23(25)26)21-11-15-1-3-16(4-2-15)12-22-10-9-20-14-22/h1-10,14H,11-13H2,(H,21,24). The number of amides is 1. The zero-order valence-electron chi connectivity index (χ0n) is 14.4. The Balaban J connectivity index is 1.42. The van der Waals surface area contributed by atoms with Crippen molar-refractivity contribution in [1.29, 1.82) is 0 Å². The number of benzene rings is 2. The summed E-state index contributed by atoms with van der Waals surface area (Å²) in [4.78, 5) is 27.0. The highest BCUT2D eigenvalue weighted by Gasteiger charge is 2.06. The van der Waals surface area contributed by atoms with Crippen molar-refractivity contribution in [2.75, 3.05) is 5.75 Å².